The van der Waals surface area contributed by atoms with Crippen molar-refractivity contribution >= 4 is 0 Å². The minimum Gasteiger partial charge on any atom is -0.308 e. The lowest BCUT2D eigenvalue weighted by molar-refractivity contribution is 0.239. The quantitative estimate of drug-likeness (QED) is 0.619. The van der Waals surface area contributed by atoms with Crippen LogP contribution in [0.4, 0.5) is 0 Å². The Morgan fingerprint density at radius 1 is 1.14 bits per heavy atom. The second-order valence-corrected chi connectivity index (χ2v) is 4.72. The van der Waals surface area contributed by atoms with Crippen molar-refractivity contribution in [3.05, 3.63) is 12.2 Å². The smallest absolute Gasteiger partial charge is 0.0106 e. The standard InChI is InChI=1S/C12H24N2/c1-13(2)9-10-14(3)11-12-7-5-4-6-8-12/h4-5,12H,6-11H2,1-3H3/t12-/m0/s1. The van der Waals surface area contributed by atoms with Crippen LogP contribution < -0.4 is 0 Å². The molecule has 2 heteroatoms. The highest BCUT2D eigenvalue weighted by molar-refractivity contribution is 4.90. The maximum absolute atomic E-state index is 2.46. The van der Waals surface area contributed by atoms with Crippen LogP contribution in [-0.4, -0.2) is 50.6 Å². The third kappa shape index (κ3) is 4.77. The van der Waals surface area contributed by atoms with Gasteiger partial charge in [-0.2, -0.15) is 0 Å². The van der Waals surface area contributed by atoms with Crippen molar-refractivity contribution in [2.75, 3.05) is 40.8 Å². The van der Waals surface area contributed by atoms with Gasteiger partial charge in [0.1, 0.15) is 0 Å². The molecule has 0 fully saturated rings. The molecule has 82 valence electrons. The summed E-state index contributed by atoms with van der Waals surface area (Å²) < 4.78 is 0. The van der Waals surface area contributed by atoms with Gasteiger partial charge in [-0.15, -0.1) is 0 Å². The fourth-order valence-electron chi connectivity index (χ4n) is 1.92. The molecule has 0 unspecified atom stereocenters. The fourth-order valence-corrected chi connectivity index (χ4v) is 1.92. The summed E-state index contributed by atoms with van der Waals surface area (Å²) in [5, 5.41) is 0. The van der Waals surface area contributed by atoms with Gasteiger partial charge in [-0.05, 0) is 46.3 Å². The van der Waals surface area contributed by atoms with Gasteiger partial charge >= 0.3 is 0 Å². The average molecular weight is 196 g/mol. The maximum atomic E-state index is 2.46. The van der Waals surface area contributed by atoms with Crippen LogP contribution in [0.2, 0.25) is 0 Å². The first-order valence-corrected chi connectivity index (χ1v) is 5.66. The molecule has 1 aliphatic rings. The number of likely N-dealkylation sites (N-methyl/N-ethyl adjacent to an activating group) is 2. The Morgan fingerprint density at radius 2 is 1.93 bits per heavy atom. The van der Waals surface area contributed by atoms with E-state index in [2.05, 4.69) is 43.1 Å². The highest BCUT2D eigenvalue weighted by Gasteiger charge is 2.11. The van der Waals surface area contributed by atoms with Crippen LogP contribution >= 0.6 is 0 Å². The van der Waals surface area contributed by atoms with Crippen LogP contribution in [0.25, 0.3) is 0 Å². The van der Waals surface area contributed by atoms with E-state index in [0.29, 0.717) is 0 Å². The molecule has 0 aromatic rings. The number of hydrogen-bond acceptors (Lipinski definition) is 2. The zero-order valence-corrected chi connectivity index (χ0v) is 9.87. The lowest BCUT2D eigenvalue weighted by atomic mass is 9.94. The lowest BCUT2D eigenvalue weighted by Crippen LogP contribution is -2.32. The van der Waals surface area contributed by atoms with Crippen molar-refractivity contribution in [3.8, 4) is 0 Å². The predicted octanol–water partition coefficient (Wildman–Crippen LogP) is 1.84. The molecule has 2 nitrogen and oxygen atoms in total. The van der Waals surface area contributed by atoms with E-state index in [-0.39, 0.29) is 0 Å². The SMILES string of the molecule is CN(C)CCN(C)C[C@H]1CC=CCC1. The van der Waals surface area contributed by atoms with Gasteiger partial charge in [0.15, 0.2) is 0 Å². The van der Waals surface area contributed by atoms with Crippen LogP contribution in [0.1, 0.15) is 19.3 Å². The second kappa shape index (κ2) is 6.20. The summed E-state index contributed by atoms with van der Waals surface area (Å²) >= 11 is 0. The van der Waals surface area contributed by atoms with Crippen molar-refractivity contribution in [3.63, 3.8) is 0 Å². The van der Waals surface area contributed by atoms with Crippen LogP contribution in [0, 0.1) is 5.92 Å². The Bertz CT molecular complexity index is 175. The largest absolute Gasteiger partial charge is 0.308 e. The summed E-state index contributed by atoms with van der Waals surface area (Å²) in [6.07, 6.45) is 8.60. The van der Waals surface area contributed by atoms with E-state index in [9.17, 15) is 0 Å². The summed E-state index contributed by atoms with van der Waals surface area (Å²) in [6.45, 7) is 3.62. The molecule has 0 saturated heterocycles. The number of hydrogen-bond donors (Lipinski definition) is 0. The first-order chi connectivity index (χ1) is 6.68. The van der Waals surface area contributed by atoms with Gasteiger partial charge in [-0.1, -0.05) is 12.2 Å². The second-order valence-electron chi connectivity index (χ2n) is 4.72. The summed E-state index contributed by atoms with van der Waals surface area (Å²) in [7, 11) is 6.51. The highest BCUT2D eigenvalue weighted by atomic mass is 15.1. The van der Waals surface area contributed by atoms with Crippen molar-refractivity contribution in [1.82, 2.24) is 9.80 Å². The number of allylic oxidation sites excluding steroid dienone is 2. The third-order valence-electron chi connectivity index (χ3n) is 2.88. The van der Waals surface area contributed by atoms with Gasteiger partial charge < -0.3 is 9.80 Å². The molecule has 0 saturated carbocycles. The Kier molecular flexibility index (Phi) is 5.20. The predicted molar refractivity (Wildman–Crippen MR) is 62.5 cm³/mol. The number of nitrogens with zero attached hydrogens (tertiary/aromatic N) is 2. The van der Waals surface area contributed by atoms with Gasteiger partial charge in [0, 0.05) is 19.6 Å². The molecular weight excluding hydrogens is 172 g/mol. The first kappa shape index (κ1) is 11.7. The summed E-state index contributed by atoms with van der Waals surface area (Å²) in [6, 6.07) is 0. The molecule has 0 N–H and O–H groups in total. The third-order valence-corrected chi connectivity index (χ3v) is 2.88. The van der Waals surface area contributed by atoms with E-state index in [1.54, 1.807) is 0 Å². The molecule has 0 heterocycles. The molecule has 1 rings (SSSR count). The molecule has 1 aliphatic carbocycles. The molecule has 0 bridgehead atoms. The first-order valence-electron chi connectivity index (χ1n) is 5.66. The van der Waals surface area contributed by atoms with E-state index in [4.69, 9.17) is 0 Å². The van der Waals surface area contributed by atoms with E-state index < -0.39 is 0 Å². The normalized spacial score (nSPS) is 22.2. The molecule has 0 aromatic carbocycles. The van der Waals surface area contributed by atoms with E-state index in [0.717, 1.165) is 5.92 Å². The molecule has 0 amide bonds. The summed E-state index contributed by atoms with van der Waals surface area (Å²) in [5.74, 6) is 0.896. The van der Waals surface area contributed by atoms with Gasteiger partial charge in [0.05, 0.1) is 0 Å². The fraction of sp³-hybridized carbons (Fsp3) is 0.833. The van der Waals surface area contributed by atoms with Crippen LogP contribution in [0.5, 0.6) is 0 Å². The van der Waals surface area contributed by atoms with E-state index in [1.807, 2.05) is 0 Å². The van der Waals surface area contributed by atoms with Gasteiger partial charge in [0.25, 0.3) is 0 Å². The minimum atomic E-state index is 0.896. The zero-order valence-electron chi connectivity index (χ0n) is 9.87. The maximum Gasteiger partial charge on any atom is 0.0106 e. The molecule has 0 aliphatic heterocycles. The Labute approximate surface area is 88.6 Å². The van der Waals surface area contributed by atoms with Crippen LogP contribution in [0.3, 0.4) is 0 Å². The van der Waals surface area contributed by atoms with Crippen LogP contribution in [-0.2, 0) is 0 Å². The average Bonchev–Trinajstić information content (AvgIpc) is 2.16. The highest BCUT2D eigenvalue weighted by Crippen LogP contribution is 2.18. The van der Waals surface area contributed by atoms with Gasteiger partial charge in [0.2, 0.25) is 0 Å². The number of rotatable bonds is 5. The lowest BCUT2D eigenvalue weighted by Gasteiger charge is -2.25. The molecule has 0 spiro atoms. The van der Waals surface area contributed by atoms with Crippen molar-refractivity contribution in [2.24, 2.45) is 5.92 Å². The van der Waals surface area contributed by atoms with Gasteiger partial charge in [-0.3, -0.25) is 0 Å². The summed E-state index contributed by atoms with van der Waals surface area (Å²) in [5.41, 5.74) is 0. The van der Waals surface area contributed by atoms with Crippen molar-refractivity contribution in [1.29, 1.82) is 0 Å². The molecule has 1 atom stereocenters. The van der Waals surface area contributed by atoms with Crippen molar-refractivity contribution < 1.29 is 0 Å². The zero-order chi connectivity index (χ0) is 10.4. The Balaban J connectivity index is 2.12. The summed E-state index contributed by atoms with van der Waals surface area (Å²) in [4.78, 5) is 4.71. The Hall–Kier alpha value is -0.340. The minimum absolute atomic E-state index is 0.896. The molecular formula is C12H24N2. The van der Waals surface area contributed by atoms with Crippen LogP contribution in [0.15, 0.2) is 12.2 Å². The monoisotopic (exact) mass is 196 g/mol. The molecule has 14 heavy (non-hydrogen) atoms. The van der Waals surface area contributed by atoms with Crippen molar-refractivity contribution in [2.45, 2.75) is 19.3 Å². The Morgan fingerprint density at radius 3 is 2.50 bits per heavy atom. The molecule has 0 aromatic heterocycles. The molecule has 0 radical (unpaired) electrons. The topological polar surface area (TPSA) is 6.48 Å². The van der Waals surface area contributed by atoms with E-state index in [1.165, 1.54) is 38.9 Å². The van der Waals surface area contributed by atoms with E-state index >= 15 is 0 Å². The van der Waals surface area contributed by atoms with Gasteiger partial charge in [-0.25, -0.2) is 0 Å².